The molecule has 0 spiro atoms. The lowest BCUT2D eigenvalue weighted by Crippen LogP contribution is -2.14. The lowest BCUT2D eigenvalue weighted by Gasteiger charge is -2.04. The van der Waals surface area contributed by atoms with Crippen molar-refractivity contribution in [2.24, 2.45) is 0 Å². The molecule has 0 bridgehead atoms. The van der Waals surface area contributed by atoms with Gasteiger partial charge in [0.1, 0.15) is 5.82 Å². The average molecular weight is 293 g/mol. The summed E-state index contributed by atoms with van der Waals surface area (Å²) < 4.78 is 0.947. The zero-order valence-electron chi connectivity index (χ0n) is 8.72. The molecular weight excluding hydrogens is 284 g/mol. The first-order valence-electron chi connectivity index (χ1n) is 4.81. The molecule has 1 aromatic carbocycles. The van der Waals surface area contributed by atoms with Crippen LogP contribution >= 0.6 is 15.9 Å². The van der Waals surface area contributed by atoms with Crippen molar-refractivity contribution >= 4 is 33.3 Å². The second-order valence-electron chi connectivity index (χ2n) is 3.30. The Bertz CT molecular complexity index is 524. The van der Waals surface area contributed by atoms with Gasteiger partial charge >= 0.3 is 0 Å². The van der Waals surface area contributed by atoms with Crippen molar-refractivity contribution in [1.82, 2.24) is 10.2 Å². The molecule has 0 aliphatic carbocycles. The SMILES string of the molecule is Nc1ccc(C(=O)Nc2ccc(Br)cc2)nn1. The van der Waals surface area contributed by atoms with E-state index in [1.807, 2.05) is 12.1 Å². The number of hydrogen-bond acceptors (Lipinski definition) is 4. The zero-order chi connectivity index (χ0) is 12.3. The largest absolute Gasteiger partial charge is 0.382 e. The Labute approximate surface area is 106 Å². The molecule has 0 fully saturated rings. The zero-order valence-corrected chi connectivity index (χ0v) is 10.3. The number of nitrogens with two attached hydrogens (primary N) is 1. The Morgan fingerprint density at radius 1 is 1.12 bits per heavy atom. The van der Waals surface area contributed by atoms with Crippen molar-refractivity contribution in [2.75, 3.05) is 11.1 Å². The van der Waals surface area contributed by atoms with Gasteiger partial charge in [0.15, 0.2) is 5.69 Å². The molecule has 0 unspecified atom stereocenters. The molecule has 3 N–H and O–H groups in total. The molecule has 1 amide bonds. The van der Waals surface area contributed by atoms with Crippen LogP contribution in [0.3, 0.4) is 0 Å². The molecule has 2 aromatic rings. The van der Waals surface area contributed by atoms with Gasteiger partial charge in [-0.1, -0.05) is 15.9 Å². The van der Waals surface area contributed by atoms with E-state index in [1.165, 1.54) is 12.1 Å². The number of amides is 1. The molecule has 1 aromatic heterocycles. The summed E-state index contributed by atoms with van der Waals surface area (Å²) in [5.74, 6) is -0.0370. The summed E-state index contributed by atoms with van der Waals surface area (Å²) in [6.07, 6.45) is 0. The van der Waals surface area contributed by atoms with Crippen LogP contribution in [-0.2, 0) is 0 Å². The van der Waals surface area contributed by atoms with E-state index in [9.17, 15) is 4.79 Å². The Morgan fingerprint density at radius 2 is 1.82 bits per heavy atom. The van der Waals surface area contributed by atoms with Crippen LogP contribution in [0.15, 0.2) is 40.9 Å². The fraction of sp³-hybridized carbons (Fsp3) is 0. The number of nitrogen functional groups attached to an aromatic ring is 1. The highest BCUT2D eigenvalue weighted by Gasteiger charge is 2.07. The molecule has 17 heavy (non-hydrogen) atoms. The van der Waals surface area contributed by atoms with Crippen LogP contribution in [0.25, 0.3) is 0 Å². The lowest BCUT2D eigenvalue weighted by molar-refractivity contribution is 0.102. The van der Waals surface area contributed by atoms with E-state index < -0.39 is 0 Å². The Hall–Kier alpha value is -1.95. The quantitative estimate of drug-likeness (QED) is 0.888. The van der Waals surface area contributed by atoms with Crippen LogP contribution in [0.2, 0.25) is 0 Å². The highest BCUT2D eigenvalue weighted by atomic mass is 79.9. The molecule has 1 heterocycles. The first kappa shape index (κ1) is 11.5. The number of carbonyl (C=O) groups is 1. The molecule has 5 nitrogen and oxygen atoms in total. The summed E-state index contributed by atoms with van der Waals surface area (Å²) in [5, 5.41) is 10.0. The van der Waals surface area contributed by atoms with Crippen LogP contribution in [0.4, 0.5) is 11.5 Å². The molecule has 0 aliphatic rings. The maximum atomic E-state index is 11.7. The highest BCUT2D eigenvalue weighted by molar-refractivity contribution is 9.10. The van der Waals surface area contributed by atoms with Crippen LogP contribution in [0.5, 0.6) is 0 Å². The second kappa shape index (κ2) is 4.92. The van der Waals surface area contributed by atoms with Gasteiger partial charge in [0, 0.05) is 10.2 Å². The van der Waals surface area contributed by atoms with Gasteiger partial charge in [-0.2, -0.15) is 0 Å². The third-order valence-electron chi connectivity index (χ3n) is 2.02. The number of halogens is 1. The van der Waals surface area contributed by atoms with E-state index >= 15 is 0 Å². The van der Waals surface area contributed by atoms with Crippen LogP contribution in [0, 0.1) is 0 Å². The van der Waals surface area contributed by atoms with E-state index in [-0.39, 0.29) is 17.4 Å². The van der Waals surface area contributed by atoms with Gasteiger partial charge in [-0.15, -0.1) is 10.2 Å². The standard InChI is InChI=1S/C11H9BrN4O/c12-7-1-3-8(4-2-7)14-11(17)9-5-6-10(13)16-15-9/h1-6H,(H2,13,16)(H,14,17). The van der Waals surface area contributed by atoms with Gasteiger partial charge in [0.25, 0.3) is 5.91 Å². The van der Waals surface area contributed by atoms with E-state index in [4.69, 9.17) is 5.73 Å². The Morgan fingerprint density at radius 3 is 2.41 bits per heavy atom. The topological polar surface area (TPSA) is 80.9 Å². The maximum Gasteiger partial charge on any atom is 0.276 e. The summed E-state index contributed by atoms with van der Waals surface area (Å²) in [6, 6.07) is 10.3. The third kappa shape index (κ3) is 3.01. The fourth-order valence-electron chi connectivity index (χ4n) is 1.19. The molecule has 86 valence electrons. The number of anilines is 2. The van der Waals surface area contributed by atoms with Crippen molar-refractivity contribution in [3.05, 3.63) is 46.6 Å². The third-order valence-corrected chi connectivity index (χ3v) is 2.55. The number of aromatic nitrogens is 2. The minimum Gasteiger partial charge on any atom is -0.382 e. The van der Waals surface area contributed by atoms with Gasteiger partial charge < -0.3 is 11.1 Å². The average Bonchev–Trinajstić information content (AvgIpc) is 2.33. The van der Waals surface area contributed by atoms with Gasteiger partial charge in [0.2, 0.25) is 0 Å². The summed E-state index contributed by atoms with van der Waals surface area (Å²) in [7, 11) is 0. The number of nitrogens with zero attached hydrogens (tertiary/aromatic N) is 2. The van der Waals surface area contributed by atoms with E-state index in [0.717, 1.165) is 4.47 Å². The monoisotopic (exact) mass is 292 g/mol. The van der Waals surface area contributed by atoms with Crippen LogP contribution < -0.4 is 11.1 Å². The van der Waals surface area contributed by atoms with Crippen molar-refractivity contribution in [1.29, 1.82) is 0 Å². The van der Waals surface area contributed by atoms with Gasteiger partial charge in [0.05, 0.1) is 0 Å². The molecular formula is C11H9BrN4O. The van der Waals surface area contributed by atoms with Crippen molar-refractivity contribution in [2.45, 2.75) is 0 Å². The van der Waals surface area contributed by atoms with Gasteiger partial charge in [-0.3, -0.25) is 4.79 Å². The normalized spacial score (nSPS) is 9.94. The summed E-state index contributed by atoms with van der Waals surface area (Å²) in [5.41, 5.74) is 6.30. The summed E-state index contributed by atoms with van der Waals surface area (Å²) in [6.45, 7) is 0. The van der Waals surface area contributed by atoms with Crippen molar-refractivity contribution in [3.63, 3.8) is 0 Å². The first-order valence-corrected chi connectivity index (χ1v) is 5.60. The molecule has 0 atom stereocenters. The van der Waals surface area contributed by atoms with Crippen molar-refractivity contribution < 1.29 is 4.79 Å². The lowest BCUT2D eigenvalue weighted by atomic mass is 10.3. The van der Waals surface area contributed by atoms with Gasteiger partial charge in [-0.05, 0) is 36.4 Å². The Kier molecular flexibility index (Phi) is 3.34. The number of nitrogens with one attached hydrogen (secondary N) is 1. The van der Waals surface area contributed by atoms with Crippen molar-refractivity contribution in [3.8, 4) is 0 Å². The molecule has 2 rings (SSSR count). The molecule has 0 saturated carbocycles. The minimum absolute atomic E-state index is 0.224. The number of rotatable bonds is 2. The fourth-order valence-corrected chi connectivity index (χ4v) is 1.46. The smallest absolute Gasteiger partial charge is 0.276 e. The van der Waals surface area contributed by atoms with E-state index in [2.05, 4.69) is 31.4 Å². The minimum atomic E-state index is -0.320. The highest BCUT2D eigenvalue weighted by Crippen LogP contribution is 2.14. The maximum absolute atomic E-state index is 11.7. The molecule has 0 saturated heterocycles. The molecule has 6 heteroatoms. The molecule has 0 radical (unpaired) electrons. The first-order chi connectivity index (χ1) is 8.15. The summed E-state index contributed by atoms with van der Waals surface area (Å²) >= 11 is 3.32. The predicted molar refractivity (Wildman–Crippen MR) is 68.5 cm³/mol. The summed E-state index contributed by atoms with van der Waals surface area (Å²) in [4.78, 5) is 11.7. The van der Waals surface area contributed by atoms with Crippen LogP contribution in [-0.4, -0.2) is 16.1 Å². The second-order valence-corrected chi connectivity index (χ2v) is 4.22. The van der Waals surface area contributed by atoms with Crippen LogP contribution in [0.1, 0.15) is 10.5 Å². The number of carbonyl (C=O) groups excluding carboxylic acids is 1. The number of hydrogen-bond donors (Lipinski definition) is 2. The predicted octanol–water partition coefficient (Wildman–Crippen LogP) is 2.07. The number of benzene rings is 1. The Balaban J connectivity index is 2.11. The molecule has 0 aliphatic heterocycles. The van der Waals surface area contributed by atoms with Gasteiger partial charge in [-0.25, -0.2) is 0 Å². The van der Waals surface area contributed by atoms with E-state index in [0.29, 0.717) is 5.69 Å². The van der Waals surface area contributed by atoms with E-state index in [1.54, 1.807) is 12.1 Å².